The van der Waals surface area contributed by atoms with Crippen LogP contribution in [0.15, 0.2) is 58.9 Å². The molecule has 3 rings (SSSR count). The number of amides is 1. The third-order valence-corrected chi connectivity index (χ3v) is 4.89. The van der Waals surface area contributed by atoms with Crippen LogP contribution < -0.4 is 10.1 Å². The minimum atomic E-state index is -0.596. The van der Waals surface area contributed by atoms with Crippen LogP contribution in [0.1, 0.15) is 11.3 Å². The van der Waals surface area contributed by atoms with Gasteiger partial charge in [-0.3, -0.25) is 4.79 Å². The Morgan fingerprint density at radius 3 is 2.54 bits per heavy atom. The highest BCUT2D eigenvalue weighted by atomic mass is 35.5. The van der Waals surface area contributed by atoms with Crippen molar-refractivity contribution in [2.75, 3.05) is 5.32 Å². The van der Waals surface area contributed by atoms with E-state index in [1.165, 1.54) is 17.4 Å². The Morgan fingerprint density at radius 2 is 1.93 bits per heavy atom. The summed E-state index contributed by atoms with van der Waals surface area (Å²) in [5.74, 6) is 0.0670. The number of benzene rings is 2. The average Bonchev–Trinajstić information content (AvgIpc) is 3.22. The van der Waals surface area contributed by atoms with E-state index < -0.39 is 5.91 Å². The maximum atomic E-state index is 12.4. The second kappa shape index (κ2) is 9.38. The molecule has 0 saturated heterocycles. The molecule has 1 aromatic heterocycles. The number of nitriles is 1. The third kappa shape index (κ3) is 5.11. The number of aromatic nitrogens is 1. The van der Waals surface area contributed by atoms with Gasteiger partial charge in [-0.2, -0.15) is 5.26 Å². The largest absolute Gasteiger partial charge is 0.487 e. The van der Waals surface area contributed by atoms with Crippen molar-refractivity contribution in [3.63, 3.8) is 0 Å². The molecule has 0 atom stereocenters. The van der Waals surface area contributed by atoms with Crippen LogP contribution >= 0.6 is 34.5 Å². The van der Waals surface area contributed by atoms with Gasteiger partial charge in [0.2, 0.25) is 0 Å². The number of para-hydroxylation sites is 1. The van der Waals surface area contributed by atoms with Gasteiger partial charge in [0.15, 0.2) is 0 Å². The lowest BCUT2D eigenvalue weighted by molar-refractivity contribution is -0.112. The van der Waals surface area contributed by atoms with Crippen LogP contribution in [0.3, 0.4) is 0 Å². The first kappa shape index (κ1) is 19.9. The predicted octanol–water partition coefficient (Wildman–Crippen LogP) is 5.57. The van der Waals surface area contributed by atoms with E-state index in [4.69, 9.17) is 27.9 Å². The summed E-state index contributed by atoms with van der Waals surface area (Å²) in [6.07, 6.45) is 1.48. The number of nitrogens with zero attached hydrogens (tertiary/aromatic N) is 2. The number of thiazole rings is 1. The molecule has 0 aliphatic carbocycles. The Labute approximate surface area is 175 Å². The Hall–Kier alpha value is -2.85. The number of carbonyl (C=O) groups excluding carboxylic acids is 1. The molecule has 0 fully saturated rings. The Balaban J connectivity index is 1.69. The van der Waals surface area contributed by atoms with Crippen LogP contribution in [-0.4, -0.2) is 10.9 Å². The fourth-order valence-corrected chi connectivity index (χ4v) is 3.27. The summed E-state index contributed by atoms with van der Waals surface area (Å²) < 4.78 is 5.64. The van der Waals surface area contributed by atoms with Crippen molar-refractivity contribution in [2.24, 2.45) is 0 Å². The summed E-state index contributed by atoms with van der Waals surface area (Å²) in [6.45, 7) is 0.378. The van der Waals surface area contributed by atoms with Crippen LogP contribution in [0.2, 0.25) is 10.0 Å². The molecule has 0 spiro atoms. The molecule has 0 saturated carbocycles. The first-order valence-corrected chi connectivity index (χ1v) is 9.74. The summed E-state index contributed by atoms with van der Waals surface area (Å²) in [5, 5.41) is 14.4. The quantitative estimate of drug-likeness (QED) is 0.410. The molecule has 0 aliphatic rings. The number of nitrogens with one attached hydrogen (secondary N) is 1. The van der Waals surface area contributed by atoms with Gasteiger partial charge >= 0.3 is 0 Å². The maximum absolute atomic E-state index is 12.4. The van der Waals surface area contributed by atoms with E-state index in [2.05, 4.69) is 10.3 Å². The van der Waals surface area contributed by atoms with Gasteiger partial charge in [-0.15, -0.1) is 11.3 Å². The maximum Gasteiger partial charge on any atom is 0.266 e. The highest BCUT2D eigenvalue weighted by molar-refractivity contribution is 7.07. The average molecular weight is 430 g/mol. The topological polar surface area (TPSA) is 75.0 Å². The standard InChI is InChI=1S/C20H13Cl2N3O2S/c21-17-2-1-3-18(22)19(17)25-20(26)14(9-23)8-13-4-6-16(7-5-13)27-10-15-11-28-12-24-15/h1-8,11-12H,10H2,(H,25,26)/b14-8+. The molecule has 0 bridgehead atoms. The van der Waals surface area contributed by atoms with E-state index in [9.17, 15) is 10.1 Å². The van der Waals surface area contributed by atoms with Crippen LogP contribution in [0.5, 0.6) is 5.75 Å². The molecule has 28 heavy (non-hydrogen) atoms. The number of hydrogen-bond donors (Lipinski definition) is 1. The molecular formula is C20H13Cl2N3O2S. The summed E-state index contributed by atoms with van der Waals surface area (Å²) in [7, 11) is 0. The Morgan fingerprint density at radius 1 is 1.21 bits per heavy atom. The van der Waals surface area contributed by atoms with Gasteiger partial charge in [-0.05, 0) is 35.9 Å². The number of ether oxygens (including phenoxy) is 1. The lowest BCUT2D eigenvalue weighted by atomic mass is 10.1. The fraction of sp³-hybridized carbons (Fsp3) is 0.0500. The molecule has 1 heterocycles. The van der Waals surface area contributed by atoms with Gasteiger partial charge in [-0.1, -0.05) is 41.4 Å². The number of hydrogen-bond acceptors (Lipinski definition) is 5. The van der Waals surface area contributed by atoms with Gasteiger partial charge in [-0.25, -0.2) is 4.98 Å². The molecule has 0 radical (unpaired) electrons. The van der Waals surface area contributed by atoms with Gasteiger partial charge in [0.1, 0.15) is 24.0 Å². The van der Waals surface area contributed by atoms with Crippen molar-refractivity contribution in [1.82, 2.24) is 4.98 Å². The van der Waals surface area contributed by atoms with Crippen molar-refractivity contribution in [2.45, 2.75) is 6.61 Å². The van der Waals surface area contributed by atoms with Crippen LogP contribution in [0.25, 0.3) is 6.08 Å². The molecule has 1 amide bonds. The van der Waals surface area contributed by atoms with Crippen molar-refractivity contribution < 1.29 is 9.53 Å². The Bertz CT molecular complexity index is 1020. The first-order chi connectivity index (χ1) is 13.6. The summed E-state index contributed by atoms with van der Waals surface area (Å²) in [5.41, 5.74) is 3.47. The van der Waals surface area contributed by atoms with E-state index in [1.54, 1.807) is 48.0 Å². The van der Waals surface area contributed by atoms with Gasteiger partial charge in [0.25, 0.3) is 5.91 Å². The zero-order valence-electron chi connectivity index (χ0n) is 14.4. The smallest absolute Gasteiger partial charge is 0.266 e. The molecule has 3 aromatic rings. The van der Waals surface area contributed by atoms with Crippen molar-refractivity contribution >= 4 is 52.2 Å². The lowest BCUT2D eigenvalue weighted by Gasteiger charge is -2.08. The highest BCUT2D eigenvalue weighted by Crippen LogP contribution is 2.30. The van der Waals surface area contributed by atoms with E-state index in [0.717, 1.165) is 5.69 Å². The van der Waals surface area contributed by atoms with E-state index >= 15 is 0 Å². The summed E-state index contributed by atoms with van der Waals surface area (Å²) in [4.78, 5) is 16.6. The summed E-state index contributed by atoms with van der Waals surface area (Å²) >= 11 is 13.6. The molecule has 1 N–H and O–H groups in total. The molecule has 2 aromatic carbocycles. The minimum Gasteiger partial charge on any atom is -0.487 e. The van der Waals surface area contributed by atoms with Crippen LogP contribution in [0.4, 0.5) is 5.69 Å². The van der Waals surface area contributed by atoms with Crippen molar-refractivity contribution in [3.05, 3.63) is 80.2 Å². The monoisotopic (exact) mass is 429 g/mol. The zero-order valence-corrected chi connectivity index (χ0v) is 16.7. The van der Waals surface area contributed by atoms with Crippen LogP contribution in [-0.2, 0) is 11.4 Å². The molecule has 5 nitrogen and oxygen atoms in total. The zero-order chi connectivity index (χ0) is 19.9. The number of carbonyl (C=O) groups is 1. The Kier molecular flexibility index (Phi) is 6.66. The fourth-order valence-electron chi connectivity index (χ4n) is 2.24. The molecular weight excluding hydrogens is 417 g/mol. The van der Waals surface area contributed by atoms with E-state index in [1.807, 2.05) is 11.4 Å². The lowest BCUT2D eigenvalue weighted by Crippen LogP contribution is -2.14. The minimum absolute atomic E-state index is 0.0767. The molecule has 0 aliphatic heterocycles. The number of halogens is 2. The number of anilines is 1. The second-order valence-corrected chi connectivity index (χ2v) is 7.09. The highest BCUT2D eigenvalue weighted by Gasteiger charge is 2.13. The number of rotatable bonds is 6. The van der Waals surface area contributed by atoms with Gasteiger partial charge in [0.05, 0.1) is 26.9 Å². The third-order valence-electron chi connectivity index (χ3n) is 3.63. The first-order valence-electron chi connectivity index (χ1n) is 8.04. The van der Waals surface area contributed by atoms with Gasteiger partial charge < -0.3 is 10.1 Å². The molecule has 140 valence electrons. The van der Waals surface area contributed by atoms with Gasteiger partial charge in [0, 0.05) is 5.38 Å². The summed E-state index contributed by atoms with van der Waals surface area (Å²) in [6, 6.07) is 13.8. The second-order valence-electron chi connectivity index (χ2n) is 5.56. The molecule has 8 heteroatoms. The van der Waals surface area contributed by atoms with Crippen LogP contribution in [0, 0.1) is 11.3 Å². The SMILES string of the molecule is N#C/C(=C\c1ccc(OCc2cscn2)cc1)C(=O)Nc1c(Cl)cccc1Cl. The van der Waals surface area contributed by atoms with Crippen molar-refractivity contribution in [3.8, 4) is 11.8 Å². The predicted molar refractivity (Wildman–Crippen MR) is 112 cm³/mol. The van der Waals surface area contributed by atoms with E-state index in [0.29, 0.717) is 28.0 Å². The molecule has 0 unspecified atom stereocenters. The van der Waals surface area contributed by atoms with E-state index in [-0.39, 0.29) is 11.3 Å². The normalized spacial score (nSPS) is 11.0. The van der Waals surface area contributed by atoms with Crippen molar-refractivity contribution in [1.29, 1.82) is 5.26 Å².